The molecule has 1 aliphatic rings. The number of aromatic nitrogens is 4. The fraction of sp³-hybridized carbons (Fsp3) is 0.600. The Morgan fingerprint density at radius 1 is 1.28 bits per heavy atom. The number of carbonyl (C=O) groups excluding carboxylic acids is 1. The minimum atomic E-state index is -1.87. The molecular formula is C15H18Cl3N5O6. The van der Waals surface area contributed by atoms with Crippen LogP contribution >= 0.6 is 34.8 Å². The topological polar surface area (TPSA) is 152 Å². The van der Waals surface area contributed by atoms with Crippen molar-refractivity contribution in [1.82, 2.24) is 19.5 Å². The molecule has 0 radical (unpaired) electrons. The van der Waals surface area contributed by atoms with Crippen molar-refractivity contribution in [2.24, 2.45) is 0 Å². The Labute approximate surface area is 179 Å². The van der Waals surface area contributed by atoms with E-state index in [9.17, 15) is 20.1 Å². The van der Waals surface area contributed by atoms with Crippen molar-refractivity contribution >= 4 is 57.9 Å². The molecule has 3 rings (SSSR count). The smallest absolute Gasteiger partial charge is 0.413 e. The second-order valence-electron chi connectivity index (χ2n) is 6.80. The molecule has 0 spiro atoms. The molecule has 1 saturated heterocycles. The summed E-state index contributed by atoms with van der Waals surface area (Å²) in [4.78, 5) is 24.4. The van der Waals surface area contributed by atoms with Crippen molar-refractivity contribution < 1.29 is 29.6 Å². The van der Waals surface area contributed by atoms with E-state index >= 15 is 0 Å². The number of alkyl halides is 3. The third-order valence-corrected chi connectivity index (χ3v) is 5.77. The third kappa shape index (κ3) is 4.22. The van der Waals surface area contributed by atoms with Gasteiger partial charge >= 0.3 is 6.09 Å². The highest BCUT2D eigenvalue weighted by molar-refractivity contribution is 6.68. The number of aliphatic hydroxyl groups excluding tert-OH is 3. The van der Waals surface area contributed by atoms with Gasteiger partial charge in [0.15, 0.2) is 28.8 Å². The van der Waals surface area contributed by atoms with Crippen LogP contribution in [0.15, 0.2) is 12.7 Å². The Bertz CT molecular complexity index is 904. The highest BCUT2D eigenvalue weighted by Crippen LogP contribution is 2.40. The van der Waals surface area contributed by atoms with Crippen LogP contribution in [0.2, 0.25) is 0 Å². The van der Waals surface area contributed by atoms with Crippen LogP contribution < -0.4 is 5.32 Å². The lowest BCUT2D eigenvalue weighted by Crippen LogP contribution is -2.42. The average molecular weight is 471 g/mol. The molecule has 0 saturated carbocycles. The molecule has 29 heavy (non-hydrogen) atoms. The summed E-state index contributed by atoms with van der Waals surface area (Å²) in [5.74, 6) is 0.00520. The summed E-state index contributed by atoms with van der Waals surface area (Å²) in [5.41, 5.74) is -1.08. The SMILES string of the molecule is CC(C)(OC(=O)Nc1ncnc2c1ncn2[C@@H]1O[C@H](CO)[C@@H](O)[C@H]1O)C(Cl)(Cl)Cl. The lowest BCUT2D eigenvalue weighted by molar-refractivity contribution is -0.0511. The van der Waals surface area contributed by atoms with Crippen LogP contribution in [0.5, 0.6) is 0 Å². The zero-order valence-electron chi connectivity index (χ0n) is 15.2. The second-order valence-corrected chi connectivity index (χ2v) is 9.08. The Morgan fingerprint density at radius 2 is 1.97 bits per heavy atom. The lowest BCUT2D eigenvalue weighted by Gasteiger charge is -2.31. The number of carbonyl (C=O) groups is 1. The molecule has 1 fully saturated rings. The highest BCUT2D eigenvalue weighted by Gasteiger charge is 2.45. The molecule has 0 aliphatic carbocycles. The van der Waals surface area contributed by atoms with E-state index in [2.05, 4.69) is 20.3 Å². The minimum Gasteiger partial charge on any atom is -0.439 e. The fourth-order valence-corrected chi connectivity index (χ4v) is 2.77. The molecule has 0 aromatic carbocycles. The van der Waals surface area contributed by atoms with E-state index in [1.54, 1.807) is 0 Å². The molecular weight excluding hydrogens is 453 g/mol. The van der Waals surface area contributed by atoms with Gasteiger partial charge in [-0.1, -0.05) is 34.8 Å². The van der Waals surface area contributed by atoms with Gasteiger partial charge in [0.05, 0.1) is 12.9 Å². The van der Waals surface area contributed by atoms with Gasteiger partial charge in [0, 0.05) is 0 Å². The summed E-state index contributed by atoms with van der Waals surface area (Å²) < 4.78 is 10.1. The second kappa shape index (κ2) is 7.99. The first-order valence-corrected chi connectivity index (χ1v) is 9.46. The minimum absolute atomic E-state index is 0.00520. The van der Waals surface area contributed by atoms with Crippen LogP contribution in [0.1, 0.15) is 20.1 Å². The number of anilines is 1. The van der Waals surface area contributed by atoms with E-state index in [1.165, 1.54) is 24.7 Å². The molecule has 11 nitrogen and oxygen atoms in total. The summed E-state index contributed by atoms with van der Waals surface area (Å²) >= 11 is 17.4. The molecule has 3 heterocycles. The molecule has 4 atom stereocenters. The number of nitrogens with zero attached hydrogens (tertiary/aromatic N) is 4. The van der Waals surface area contributed by atoms with Crippen molar-refractivity contribution in [3.63, 3.8) is 0 Å². The van der Waals surface area contributed by atoms with Crippen LogP contribution in [0.3, 0.4) is 0 Å². The largest absolute Gasteiger partial charge is 0.439 e. The van der Waals surface area contributed by atoms with Gasteiger partial charge < -0.3 is 24.8 Å². The number of hydrogen-bond donors (Lipinski definition) is 4. The maximum absolute atomic E-state index is 12.2. The highest BCUT2D eigenvalue weighted by atomic mass is 35.6. The van der Waals surface area contributed by atoms with Crippen LogP contribution in [0.25, 0.3) is 11.2 Å². The Morgan fingerprint density at radius 3 is 2.55 bits per heavy atom. The van der Waals surface area contributed by atoms with E-state index in [-0.39, 0.29) is 17.0 Å². The van der Waals surface area contributed by atoms with Gasteiger partial charge in [0.25, 0.3) is 0 Å². The number of nitrogens with one attached hydrogen (secondary N) is 1. The van der Waals surface area contributed by atoms with Gasteiger partial charge in [-0.25, -0.2) is 19.7 Å². The van der Waals surface area contributed by atoms with Crippen molar-refractivity contribution in [1.29, 1.82) is 0 Å². The van der Waals surface area contributed by atoms with E-state index in [1.807, 2.05) is 0 Å². The van der Waals surface area contributed by atoms with E-state index in [0.29, 0.717) is 0 Å². The summed E-state index contributed by atoms with van der Waals surface area (Å²) in [6, 6.07) is 0. The fourth-order valence-electron chi connectivity index (χ4n) is 2.65. The standard InChI is InChI=1S/C15H18Cl3N5O6/c1-14(2,15(16,17)18)29-13(27)22-10-7-11(20-4-19-10)23(5-21-7)12-9(26)8(25)6(3-24)28-12/h4-6,8-9,12,24-26H,3H2,1-2H3,(H,19,20,22,27)/t6-,8-,9-,12-/m1/s1. The zero-order chi connectivity index (χ0) is 21.6. The molecule has 0 bridgehead atoms. The van der Waals surface area contributed by atoms with Crippen LogP contribution in [-0.2, 0) is 9.47 Å². The van der Waals surface area contributed by atoms with E-state index in [4.69, 9.17) is 44.3 Å². The van der Waals surface area contributed by atoms with Gasteiger partial charge in [-0.05, 0) is 13.8 Å². The first-order valence-electron chi connectivity index (χ1n) is 8.33. The summed E-state index contributed by atoms with van der Waals surface area (Å²) in [7, 11) is 0. The quantitative estimate of drug-likeness (QED) is 0.482. The van der Waals surface area contributed by atoms with Gasteiger partial charge in [0.1, 0.15) is 24.6 Å². The molecule has 1 amide bonds. The maximum atomic E-state index is 12.2. The number of fused-ring (bicyclic) bond motifs is 1. The molecule has 160 valence electrons. The third-order valence-electron chi connectivity index (χ3n) is 4.40. The molecule has 1 aliphatic heterocycles. The van der Waals surface area contributed by atoms with Crippen molar-refractivity contribution in [3.8, 4) is 0 Å². The first kappa shape index (κ1) is 22.2. The van der Waals surface area contributed by atoms with Crippen molar-refractivity contribution in [2.75, 3.05) is 11.9 Å². The summed E-state index contributed by atoms with van der Waals surface area (Å²) in [5, 5.41) is 31.8. The van der Waals surface area contributed by atoms with Gasteiger partial charge in [-0.3, -0.25) is 9.88 Å². The van der Waals surface area contributed by atoms with Crippen molar-refractivity contribution in [3.05, 3.63) is 12.7 Å². The number of hydrogen-bond acceptors (Lipinski definition) is 9. The zero-order valence-corrected chi connectivity index (χ0v) is 17.4. The maximum Gasteiger partial charge on any atom is 0.413 e. The predicted molar refractivity (Wildman–Crippen MR) is 103 cm³/mol. The lowest BCUT2D eigenvalue weighted by atomic mass is 10.1. The van der Waals surface area contributed by atoms with Crippen LogP contribution in [0, 0.1) is 0 Å². The van der Waals surface area contributed by atoms with Gasteiger partial charge in [-0.15, -0.1) is 0 Å². The van der Waals surface area contributed by atoms with E-state index in [0.717, 1.165) is 6.33 Å². The number of amides is 1. The molecule has 14 heteroatoms. The molecule has 2 aromatic rings. The first-order chi connectivity index (χ1) is 13.5. The van der Waals surface area contributed by atoms with Crippen LogP contribution in [-0.4, -0.2) is 75.2 Å². The molecule has 2 aromatic heterocycles. The monoisotopic (exact) mass is 469 g/mol. The number of aliphatic hydroxyl groups is 3. The number of imidazole rings is 1. The summed E-state index contributed by atoms with van der Waals surface area (Å²) in [6.45, 7) is 2.37. The van der Waals surface area contributed by atoms with Gasteiger partial charge in [0.2, 0.25) is 3.79 Å². The Hall–Kier alpha value is -1.47. The number of halogens is 3. The Balaban J connectivity index is 1.85. The average Bonchev–Trinajstić information content (AvgIpc) is 3.16. The number of ether oxygens (including phenoxy) is 2. The van der Waals surface area contributed by atoms with Crippen LogP contribution in [0.4, 0.5) is 10.6 Å². The molecule has 4 N–H and O–H groups in total. The molecule has 0 unspecified atom stereocenters. The summed E-state index contributed by atoms with van der Waals surface area (Å²) in [6.07, 6.45) is -3.13. The number of rotatable bonds is 4. The van der Waals surface area contributed by atoms with Crippen molar-refractivity contribution in [2.45, 2.75) is 47.8 Å². The predicted octanol–water partition coefficient (Wildman–Crippen LogP) is 1.14. The normalized spacial score (nSPS) is 25.4. The Kier molecular flexibility index (Phi) is 6.12. The van der Waals surface area contributed by atoms with Gasteiger partial charge in [-0.2, -0.15) is 0 Å². The van der Waals surface area contributed by atoms with E-state index < -0.39 is 46.6 Å².